The summed E-state index contributed by atoms with van der Waals surface area (Å²) in [5, 5.41) is 3.76. The molecule has 0 bridgehead atoms. The monoisotopic (exact) mass is 289 g/mol. The molecule has 3 nitrogen and oxygen atoms in total. The minimum absolute atomic E-state index is 0.462. The fourth-order valence-electron chi connectivity index (χ4n) is 3.87. The third-order valence-electron chi connectivity index (χ3n) is 5.32. The van der Waals surface area contributed by atoms with Crippen LogP contribution in [0.4, 0.5) is 0 Å². The van der Waals surface area contributed by atoms with Gasteiger partial charge in [0.25, 0.3) is 0 Å². The highest BCUT2D eigenvalue weighted by atomic mass is 15.1. The fraction of sp³-hybridized carbons (Fsp3) is 0.833. The van der Waals surface area contributed by atoms with Gasteiger partial charge < -0.3 is 9.88 Å². The molecule has 0 saturated heterocycles. The van der Waals surface area contributed by atoms with Crippen LogP contribution in [0.1, 0.15) is 71.0 Å². The minimum atomic E-state index is 0.462. The van der Waals surface area contributed by atoms with Crippen molar-refractivity contribution < 1.29 is 0 Å². The van der Waals surface area contributed by atoms with Crippen LogP contribution < -0.4 is 5.32 Å². The maximum Gasteiger partial charge on any atom is 0.112 e. The maximum absolute atomic E-state index is 4.75. The van der Waals surface area contributed by atoms with E-state index in [1.54, 1.807) is 0 Å². The van der Waals surface area contributed by atoms with Crippen LogP contribution in [0.15, 0.2) is 12.4 Å². The Morgan fingerprint density at radius 1 is 1.33 bits per heavy atom. The summed E-state index contributed by atoms with van der Waals surface area (Å²) in [5.74, 6) is 2.73. The Kier molecular flexibility index (Phi) is 4.39. The fourth-order valence-corrected chi connectivity index (χ4v) is 3.87. The van der Waals surface area contributed by atoms with E-state index in [2.05, 4.69) is 36.9 Å². The molecule has 3 heteroatoms. The molecule has 0 aromatic carbocycles. The van der Waals surface area contributed by atoms with E-state index in [-0.39, 0.29) is 0 Å². The summed E-state index contributed by atoms with van der Waals surface area (Å²) in [4.78, 5) is 4.75. The number of hydrogen-bond donors (Lipinski definition) is 1. The van der Waals surface area contributed by atoms with E-state index in [0.29, 0.717) is 11.3 Å². The molecule has 1 N–H and O–H groups in total. The van der Waals surface area contributed by atoms with Crippen molar-refractivity contribution in [2.24, 2.45) is 11.3 Å². The van der Waals surface area contributed by atoms with E-state index in [4.69, 9.17) is 4.98 Å². The Balaban J connectivity index is 1.76. The van der Waals surface area contributed by atoms with E-state index in [1.165, 1.54) is 50.9 Å². The minimum Gasteiger partial charge on any atom is -0.335 e. The molecule has 2 atom stereocenters. The second kappa shape index (κ2) is 6.12. The molecule has 2 aliphatic rings. The molecule has 0 radical (unpaired) electrons. The summed E-state index contributed by atoms with van der Waals surface area (Å²) in [6.45, 7) is 9.40. The van der Waals surface area contributed by atoms with Crippen molar-refractivity contribution in [3.8, 4) is 0 Å². The molecule has 1 heterocycles. The molecule has 1 aromatic rings. The predicted molar refractivity (Wildman–Crippen MR) is 87.4 cm³/mol. The highest BCUT2D eigenvalue weighted by Crippen LogP contribution is 2.46. The van der Waals surface area contributed by atoms with Gasteiger partial charge in [0, 0.05) is 30.9 Å². The van der Waals surface area contributed by atoms with E-state index < -0.39 is 0 Å². The van der Waals surface area contributed by atoms with Gasteiger partial charge in [0.15, 0.2) is 0 Å². The van der Waals surface area contributed by atoms with Crippen molar-refractivity contribution in [2.75, 3.05) is 6.54 Å². The first-order valence-electron chi connectivity index (χ1n) is 8.83. The van der Waals surface area contributed by atoms with E-state index in [1.807, 2.05) is 6.20 Å². The maximum atomic E-state index is 4.75. The molecule has 2 fully saturated rings. The van der Waals surface area contributed by atoms with Gasteiger partial charge in [-0.3, -0.25) is 0 Å². The highest BCUT2D eigenvalue weighted by molar-refractivity contribution is 5.07. The second-order valence-electron chi connectivity index (χ2n) is 7.93. The van der Waals surface area contributed by atoms with E-state index in [0.717, 1.165) is 18.5 Å². The first-order chi connectivity index (χ1) is 10.1. The van der Waals surface area contributed by atoms with Gasteiger partial charge in [0.1, 0.15) is 5.82 Å². The average molecular weight is 289 g/mol. The molecule has 21 heavy (non-hydrogen) atoms. The van der Waals surface area contributed by atoms with Crippen LogP contribution >= 0.6 is 0 Å². The number of rotatable bonds is 6. The molecule has 3 rings (SSSR count). The standard InChI is InChI=1S/C18H31N3/c1-4-10-21-11-9-19-17(21)16-12-18(2,3)8-7-14(16)13-20-15-5-6-15/h9,11,14-16,20H,4-8,10,12-13H2,1-3H3. The lowest BCUT2D eigenvalue weighted by Gasteiger charge is -2.40. The van der Waals surface area contributed by atoms with Crippen LogP contribution in [0.5, 0.6) is 0 Å². The lowest BCUT2D eigenvalue weighted by molar-refractivity contribution is 0.152. The lowest BCUT2D eigenvalue weighted by Crippen LogP contribution is -2.36. The normalized spacial score (nSPS) is 28.7. The molecular weight excluding hydrogens is 258 g/mol. The SMILES string of the molecule is CCCn1ccnc1C1CC(C)(C)CCC1CNC1CC1. The topological polar surface area (TPSA) is 29.9 Å². The van der Waals surface area contributed by atoms with Crippen LogP contribution in [0, 0.1) is 11.3 Å². The Labute approximate surface area is 129 Å². The Morgan fingerprint density at radius 3 is 2.86 bits per heavy atom. The van der Waals surface area contributed by atoms with Gasteiger partial charge in [-0.2, -0.15) is 0 Å². The smallest absolute Gasteiger partial charge is 0.112 e. The first-order valence-corrected chi connectivity index (χ1v) is 8.83. The van der Waals surface area contributed by atoms with Crippen molar-refractivity contribution in [1.82, 2.24) is 14.9 Å². The number of hydrogen-bond acceptors (Lipinski definition) is 2. The predicted octanol–water partition coefficient (Wildman–Crippen LogP) is 3.96. The van der Waals surface area contributed by atoms with Gasteiger partial charge in [-0.05, 0) is 56.4 Å². The van der Waals surface area contributed by atoms with Gasteiger partial charge in [0.2, 0.25) is 0 Å². The largest absolute Gasteiger partial charge is 0.335 e. The first kappa shape index (κ1) is 15.1. The van der Waals surface area contributed by atoms with E-state index in [9.17, 15) is 0 Å². The number of aromatic nitrogens is 2. The van der Waals surface area contributed by atoms with Gasteiger partial charge in [-0.1, -0.05) is 20.8 Å². The van der Waals surface area contributed by atoms with Gasteiger partial charge in [-0.15, -0.1) is 0 Å². The molecule has 0 aliphatic heterocycles. The molecule has 2 unspecified atom stereocenters. The van der Waals surface area contributed by atoms with Gasteiger partial charge >= 0.3 is 0 Å². The van der Waals surface area contributed by atoms with Crippen molar-refractivity contribution in [1.29, 1.82) is 0 Å². The summed E-state index contributed by atoms with van der Waals surface area (Å²) >= 11 is 0. The third kappa shape index (κ3) is 3.68. The lowest BCUT2D eigenvalue weighted by atomic mass is 9.66. The van der Waals surface area contributed by atoms with Crippen molar-refractivity contribution in [3.63, 3.8) is 0 Å². The molecule has 0 amide bonds. The quantitative estimate of drug-likeness (QED) is 0.859. The molecule has 1 aromatic heterocycles. The number of nitrogens with zero attached hydrogens (tertiary/aromatic N) is 2. The molecule has 118 valence electrons. The zero-order chi connectivity index (χ0) is 14.9. The van der Waals surface area contributed by atoms with Crippen molar-refractivity contribution in [2.45, 2.75) is 77.8 Å². The zero-order valence-corrected chi connectivity index (χ0v) is 13.9. The van der Waals surface area contributed by atoms with Crippen LogP contribution in [0.3, 0.4) is 0 Å². The number of aryl methyl sites for hydroxylation is 1. The van der Waals surface area contributed by atoms with Crippen LogP contribution in [-0.2, 0) is 6.54 Å². The van der Waals surface area contributed by atoms with Crippen LogP contribution in [0.2, 0.25) is 0 Å². The highest BCUT2D eigenvalue weighted by Gasteiger charge is 2.38. The second-order valence-corrected chi connectivity index (χ2v) is 7.93. The third-order valence-corrected chi connectivity index (χ3v) is 5.32. The number of imidazole rings is 1. The summed E-state index contributed by atoms with van der Waals surface area (Å²) in [7, 11) is 0. The molecule has 2 aliphatic carbocycles. The number of nitrogens with one attached hydrogen (secondary N) is 1. The van der Waals surface area contributed by atoms with Crippen molar-refractivity contribution >= 4 is 0 Å². The molecule has 0 spiro atoms. The van der Waals surface area contributed by atoms with Gasteiger partial charge in [-0.25, -0.2) is 4.98 Å². The van der Waals surface area contributed by atoms with Crippen LogP contribution in [0.25, 0.3) is 0 Å². The Morgan fingerprint density at radius 2 is 2.14 bits per heavy atom. The summed E-state index contributed by atoms with van der Waals surface area (Å²) in [6, 6.07) is 0.816. The summed E-state index contributed by atoms with van der Waals surface area (Å²) < 4.78 is 2.40. The average Bonchev–Trinajstić information content (AvgIpc) is 3.15. The molecular formula is C18H31N3. The van der Waals surface area contributed by atoms with Gasteiger partial charge in [0.05, 0.1) is 0 Å². The Hall–Kier alpha value is -0.830. The summed E-state index contributed by atoms with van der Waals surface area (Å²) in [5.41, 5.74) is 0.462. The summed E-state index contributed by atoms with van der Waals surface area (Å²) in [6.07, 6.45) is 12.1. The van der Waals surface area contributed by atoms with Crippen molar-refractivity contribution in [3.05, 3.63) is 18.2 Å². The van der Waals surface area contributed by atoms with E-state index >= 15 is 0 Å². The Bertz CT molecular complexity index is 457. The zero-order valence-electron chi connectivity index (χ0n) is 13.9. The molecule has 2 saturated carbocycles. The van der Waals surface area contributed by atoms with Crippen LogP contribution in [-0.4, -0.2) is 22.1 Å².